The fraction of sp³-hybridized carbons (Fsp3) is 0.286. The van der Waals surface area contributed by atoms with Gasteiger partial charge < -0.3 is 14.5 Å². The van der Waals surface area contributed by atoms with Gasteiger partial charge >= 0.3 is 5.97 Å². The van der Waals surface area contributed by atoms with Crippen molar-refractivity contribution in [2.24, 2.45) is 0 Å². The van der Waals surface area contributed by atoms with Gasteiger partial charge in [-0.3, -0.25) is 4.79 Å². The van der Waals surface area contributed by atoms with E-state index >= 15 is 0 Å². The van der Waals surface area contributed by atoms with Crippen LogP contribution in [0.4, 0.5) is 5.69 Å². The Kier molecular flexibility index (Phi) is 3.85. The molecule has 1 aromatic heterocycles. The molecule has 2 aromatic rings. The largest absolute Gasteiger partial charge is 0.480 e. The van der Waals surface area contributed by atoms with Crippen LogP contribution in [-0.2, 0) is 11.3 Å². The van der Waals surface area contributed by atoms with E-state index in [-0.39, 0.29) is 6.54 Å². The maximum Gasteiger partial charge on any atom is 0.323 e. The molecule has 2 rings (SSSR count). The van der Waals surface area contributed by atoms with Crippen LogP contribution in [0.3, 0.4) is 0 Å². The molecule has 5 nitrogen and oxygen atoms in total. The lowest BCUT2D eigenvalue weighted by molar-refractivity contribution is -0.135. The number of benzene rings is 1. The number of carboxylic acids is 1. The maximum absolute atomic E-state index is 11.0. The van der Waals surface area contributed by atoms with Crippen molar-refractivity contribution in [1.82, 2.24) is 5.16 Å². The highest BCUT2D eigenvalue weighted by Gasteiger charge is 2.13. The van der Waals surface area contributed by atoms with Crippen molar-refractivity contribution in [3.8, 4) is 0 Å². The van der Waals surface area contributed by atoms with E-state index in [2.05, 4.69) is 5.16 Å². The van der Waals surface area contributed by atoms with Gasteiger partial charge in [0.2, 0.25) is 0 Å². The molecule has 0 aliphatic heterocycles. The Balaban J connectivity index is 2.20. The van der Waals surface area contributed by atoms with Gasteiger partial charge in [0.05, 0.1) is 6.54 Å². The van der Waals surface area contributed by atoms with E-state index in [0.29, 0.717) is 12.3 Å². The third kappa shape index (κ3) is 3.58. The van der Waals surface area contributed by atoms with Gasteiger partial charge in [-0.2, -0.15) is 0 Å². The predicted molar refractivity (Wildman–Crippen MR) is 71.1 cm³/mol. The molecule has 1 heterocycles. The number of carboxylic acid groups (broad SMARTS) is 1. The van der Waals surface area contributed by atoms with Crippen molar-refractivity contribution in [3.05, 3.63) is 47.3 Å². The normalized spacial score (nSPS) is 10.4. The lowest BCUT2D eigenvalue weighted by atomic mass is 10.2. The first-order valence-electron chi connectivity index (χ1n) is 6.00. The molecule has 0 saturated carbocycles. The van der Waals surface area contributed by atoms with E-state index in [1.807, 2.05) is 44.2 Å². The Hall–Kier alpha value is -2.30. The fourth-order valence-corrected chi connectivity index (χ4v) is 1.85. The Bertz CT molecular complexity index is 560. The average molecular weight is 260 g/mol. The van der Waals surface area contributed by atoms with Crippen molar-refractivity contribution in [1.29, 1.82) is 0 Å². The minimum atomic E-state index is -0.874. The lowest BCUT2D eigenvalue weighted by Gasteiger charge is -2.21. The molecule has 100 valence electrons. The molecule has 1 aromatic carbocycles. The summed E-state index contributed by atoms with van der Waals surface area (Å²) in [6, 6.07) is 9.54. The topological polar surface area (TPSA) is 66.6 Å². The highest BCUT2D eigenvalue weighted by atomic mass is 16.5. The number of nitrogens with zero attached hydrogens (tertiary/aromatic N) is 2. The summed E-state index contributed by atoms with van der Waals surface area (Å²) in [4.78, 5) is 12.7. The minimum Gasteiger partial charge on any atom is -0.480 e. The van der Waals surface area contributed by atoms with Gasteiger partial charge in [0.15, 0.2) is 0 Å². The van der Waals surface area contributed by atoms with E-state index in [4.69, 9.17) is 9.63 Å². The molecule has 1 N–H and O–H groups in total. The van der Waals surface area contributed by atoms with E-state index in [9.17, 15) is 4.79 Å². The van der Waals surface area contributed by atoms with Crippen molar-refractivity contribution >= 4 is 11.7 Å². The summed E-state index contributed by atoms with van der Waals surface area (Å²) in [6.07, 6.45) is 0. The molecule has 0 atom stereocenters. The van der Waals surface area contributed by atoms with Crippen LogP contribution in [0.1, 0.15) is 17.0 Å². The van der Waals surface area contributed by atoms with E-state index in [1.54, 1.807) is 4.90 Å². The van der Waals surface area contributed by atoms with Gasteiger partial charge in [-0.25, -0.2) is 0 Å². The van der Waals surface area contributed by atoms with Gasteiger partial charge in [0.25, 0.3) is 0 Å². The Morgan fingerprint density at radius 1 is 1.32 bits per heavy atom. The van der Waals surface area contributed by atoms with Gasteiger partial charge in [0, 0.05) is 11.8 Å². The van der Waals surface area contributed by atoms with Crippen LogP contribution in [-0.4, -0.2) is 22.8 Å². The first-order chi connectivity index (χ1) is 9.04. The van der Waals surface area contributed by atoms with Crippen LogP contribution in [0.25, 0.3) is 0 Å². The zero-order valence-electron chi connectivity index (χ0n) is 11.0. The van der Waals surface area contributed by atoms with E-state index < -0.39 is 5.97 Å². The lowest BCUT2D eigenvalue weighted by Crippen LogP contribution is -2.29. The summed E-state index contributed by atoms with van der Waals surface area (Å²) in [5.74, 6) is -0.157. The number of aryl methyl sites for hydroxylation is 2. The smallest absolute Gasteiger partial charge is 0.323 e. The number of aromatic nitrogens is 1. The molecule has 0 amide bonds. The summed E-state index contributed by atoms with van der Waals surface area (Å²) in [7, 11) is 0. The summed E-state index contributed by atoms with van der Waals surface area (Å²) in [6.45, 7) is 4.14. The summed E-state index contributed by atoms with van der Waals surface area (Å²) < 4.78 is 5.00. The summed E-state index contributed by atoms with van der Waals surface area (Å²) >= 11 is 0. The van der Waals surface area contributed by atoms with Crippen molar-refractivity contribution in [2.75, 3.05) is 11.4 Å². The van der Waals surface area contributed by atoms with E-state index in [0.717, 1.165) is 16.9 Å². The Morgan fingerprint density at radius 2 is 2.00 bits per heavy atom. The van der Waals surface area contributed by atoms with Crippen LogP contribution in [0.15, 0.2) is 34.9 Å². The number of anilines is 1. The van der Waals surface area contributed by atoms with Crippen LogP contribution >= 0.6 is 0 Å². The Labute approximate surface area is 111 Å². The highest BCUT2D eigenvalue weighted by Crippen LogP contribution is 2.17. The Morgan fingerprint density at radius 3 is 2.53 bits per heavy atom. The van der Waals surface area contributed by atoms with Gasteiger partial charge in [0.1, 0.15) is 18.0 Å². The third-order valence-electron chi connectivity index (χ3n) is 2.75. The molecule has 19 heavy (non-hydrogen) atoms. The van der Waals surface area contributed by atoms with Gasteiger partial charge in [-0.1, -0.05) is 22.9 Å². The van der Waals surface area contributed by atoms with Crippen molar-refractivity contribution in [2.45, 2.75) is 20.4 Å². The fourth-order valence-electron chi connectivity index (χ4n) is 1.85. The molecule has 0 fully saturated rings. The second-order valence-corrected chi connectivity index (χ2v) is 4.51. The highest BCUT2D eigenvalue weighted by molar-refractivity contribution is 5.73. The SMILES string of the molecule is Cc1ccc(N(CC(=O)O)Cc2cc(C)on2)cc1. The molecule has 0 unspecified atom stereocenters. The maximum atomic E-state index is 11.0. The van der Waals surface area contributed by atoms with E-state index in [1.165, 1.54) is 0 Å². The zero-order chi connectivity index (χ0) is 13.8. The molecule has 0 aliphatic rings. The minimum absolute atomic E-state index is 0.0744. The molecule has 0 spiro atoms. The quantitative estimate of drug-likeness (QED) is 0.894. The summed E-state index contributed by atoms with van der Waals surface area (Å²) in [5, 5.41) is 12.9. The number of hydrogen-bond donors (Lipinski definition) is 1. The third-order valence-corrected chi connectivity index (χ3v) is 2.75. The number of rotatable bonds is 5. The van der Waals surface area contributed by atoms with Crippen LogP contribution in [0.5, 0.6) is 0 Å². The van der Waals surface area contributed by atoms with Gasteiger partial charge in [-0.05, 0) is 26.0 Å². The zero-order valence-corrected chi connectivity index (χ0v) is 11.0. The number of carbonyl (C=O) groups is 1. The molecule has 0 aliphatic carbocycles. The monoisotopic (exact) mass is 260 g/mol. The predicted octanol–water partition coefficient (Wildman–Crippen LogP) is 2.38. The van der Waals surface area contributed by atoms with Crippen molar-refractivity contribution < 1.29 is 14.4 Å². The second-order valence-electron chi connectivity index (χ2n) is 4.51. The van der Waals surface area contributed by atoms with Crippen LogP contribution < -0.4 is 4.90 Å². The first-order valence-corrected chi connectivity index (χ1v) is 6.00. The molecular formula is C14H16N2O3. The number of hydrogen-bond acceptors (Lipinski definition) is 4. The van der Waals surface area contributed by atoms with Gasteiger partial charge in [-0.15, -0.1) is 0 Å². The standard InChI is InChI=1S/C14H16N2O3/c1-10-3-5-13(6-4-10)16(9-14(17)18)8-12-7-11(2)19-15-12/h3-7H,8-9H2,1-2H3,(H,17,18). The second kappa shape index (κ2) is 5.56. The molecule has 5 heteroatoms. The molecule has 0 radical (unpaired) electrons. The number of aliphatic carboxylic acids is 1. The average Bonchev–Trinajstić information content (AvgIpc) is 2.74. The molecule has 0 bridgehead atoms. The summed E-state index contributed by atoms with van der Waals surface area (Å²) in [5.41, 5.74) is 2.71. The van der Waals surface area contributed by atoms with Crippen LogP contribution in [0.2, 0.25) is 0 Å². The van der Waals surface area contributed by atoms with Crippen molar-refractivity contribution in [3.63, 3.8) is 0 Å². The first kappa shape index (κ1) is 13.1. The molecular weight excluding hydrogens is 244 g/mol. The molecule has 0 saturated heterocycles. The van der Waals surface area contributed by atoms with Crippen LogP contribution in [0, 0.1) is 13.8 Å².